The SMILES string of the molecule is CCOC1CC(CC(=O)N(CCCC(=O)O)C(C)C)C1. The Morgan fingerprint density at radius 3 is 2.50 bits per heavy atom. The van der Waals surface area contributed by atoms with Crippen LogP contribution >= 0.6 is 0 Å². The summed E-state index contributed by atoms with van der Waals surface area (Å²) in [6.45, 7) is 7.20. The van der Waals surface area contributed by atoms with Crippen LogP contribution in [0.1, 0.15) is 52.9 Å². The first kappa shape index (κ1) is 17.0. The highest BCUT2D eigenvalue weighted by molar-refractivity contribution is 5.77. The maximum atomic E-state index is 12.3. The van der Waals surface area contributed by atoms with Crippen molar-refractivity contribution < 1.29 is 19.4 Å². The zero-order chi connectivity index (χ0) is 15.1. The molecule has 0 unspecified atom stereocenters. The van der Waals surface area contributed by atoms with E-state index in [1.165, 1.54) is 0 Å². The van der Waals surface area contributed by atoms with E-state index in [-0.39, 0.29) is 18.4 Å². The Morgan fingerprint density at radius 2 is 2.00 bits per heavy atom. The Balaban J connectivity index is 2.32. The average Bonchev–Trinajstić information content (AvgIpc) is 2.31. The van der Waals surface area contributed by atoms with Gasteiger partial charge in [0.15, 0.2) is 0 Å². The van der Waals surface area contributed by atoms with Gasteiger partial charge in [0.25, 0.3) is 0 Å². The number of carbonyl (C=O) groups is 2. The van der Waals surface area contributed by atoms with Crippen LogP contribution in [0.4, 0.5) is 0 Å². The molecule has 5 heteroatoms. The second-order valence-electron chi connectivity index (χ2n) is 5.80. The predicted molar refractivity (Wildman–Crippen MR) is 76.5 cm³/mol. The fourth-order valence-electron chi connectivity index (χ4n) is 2.65. The first-order chi connectivity index (χ1) is 9.43. The van der Waals surface area contributed by atoms with Crippen molar-refractivity contribution in [2.24, 2.45) is 5.92 Å². The maximum Gasteiger partial charge on any atom is 0.303 e. The molecular weight excluding hydrogens is 258 g/mol. The summed E-state index contributed by atoms with van der Waals surface area (Å²) in [5, 5.41) is 8.66. The average molecular weight is 285 g/mol. The number of ether oxygens (including phenoxy) is 1. The number of amides is 1. The Hall–Kier alpha value is -1.10. The number of hydrogen-bond donors (Lipinski definition) is 1. The van der Waals surface area contributed by atoms with E-state index in [0.717, 1.165) is 19.4 Å². The molecule has 0 spiro atoms. The third-order valence-corrected chi connectivity index (χ3v) is 3.79. The second-order valence-corrected chi connectivity index (χ2v) is 5.80. The van der Waals surface area contributed by atoms with Gasteiger partial charge in [-0.3, -0.25) is 9.59 Å². The second kappa shape index (κ2) is 8.25. The summed E-state index contributed by atoms with van der Waals surface area (Å²) in [4.78, 5) is 24.6. The van der Waals surface area contributed by atoms with E-state index in [1.54, 1.807) is 4.90 Å². The molecule has 0 saturated heterocycles. The molecule has 20 heavy (non-hydrogen) atoms. The highest BCUT2D eigenvalue weighted by Gasteiger charge is 2.32. The molecule has 0 atom stereocenters. The van der Waals surface area contributed by atoms with Crippen LogP contribution in [-0.2, 0) is 14.3 Å². The molecule has 1 N–H and O–H groups in total. The van der Waals surface area contributed by atoms with Gasteiger partial charge >= 0.3 is 5.97 Å². The zero-order valence-corrected chi connectivity index (χ0v) is 12.8. The van der Waals surface area contributed by atoms with Crippen molar-refractivity contribution in [3.8, 4) is 0 Å². The van der Waals surface area contributed by atoms with Gasteiger partial charge in [-0.2, -0.15) is 0 Å². The lowest BCUT2D eigenvalue weighted by Crippen LogP contribution is -2.41. The largest absolute Gasteiger partial charge is 0.481 e. The first-order valence-electron chi connectivity index (χ1n) is 7.56. The summed E-state index contributed by atoms with van der Waals surface area (Å²) in [6.07, 6.45) is 3.48. The van der Waals surface area contributed by atoms with Crippen molar-refractivity contribution in [1.82, 2.24) is 4.90 Å². The number of carbonyl (C=O) groups excluding carboxylic acids is 1. The van der Waals surface area contributed by atoms with Crippen molar-refractivity contribution in [3.63, 3.8) is 0 Å². The van der Waals surface area contributed by atoms with E-state index < -0.39 is 5.97 Å². The third-order valence-electron chi connectivity index (χ3n) is 3.79. The van der Waals surface area contributed by atoms with Crippen LogP contribution in [0.15, 0.2) is 0 Å². The summed E-state index contributed by atoms with van der Waals surface area (Å²) >= 11 is 0. The van der Waals surface area contributed by atoms with Crippen molar-refractivity contribution in [2.45, 2.75) is 65.0 Å². The fourth-order valence-corrected chi connectivity index (χ4v) is 2.65. The van der Waals surface area contributed by atoms with Crippen LogP contribution in [0, 0.1) is 5.92 Å². The predicted octanol–water partition coefficient (Wildman–Crippen LogP) is 2.29. The van der Waals surface area contributed by atoms with E-state index in [1.807, 2.05) is 20.8 Å². The van der Waals surface area contributed by atoms with Crippen LogP contribution < -0.4 is 0 Å². The number of carboxylic acid groups (broad SMARTS) is 1. The molecule has 0 radical (unpaired) electrons. The summed E-state index contributed by atoms with van der Waals surface area (Å²) in [5.74, 6) is -0.232. The molecule has 1 aliphatic carbocycles. The van der Waals surface area contributed by atoms with Gasteiger partial charge in [-0.05, 0) is 46.0 Å². The van der Waals surface area contributed by atoms with Crippen LogP contribution in [0.5, 0.6) is 0 Å². The van der Waals surface area contributed by atoms with Crippen molar-refractivity contribution in [1.29, 1.82) is 0 Å². The minimum Gasteiger partial charge on any atom is -0.481 e. The highest BCUT2D eigenvalue weighted by atomic mass is 16.5. The summed E-state index contributed by atoms with van der Waals surface area (Å²) in [6, 6.07) is 0.124. The Morgan fingerprint density at radius 1 is 1.35 bits per heavy atom. The summed E-state index contributed by atoms with van der Waals surface area (Å²) < 4.78 is 5.50. The lowest BCUT2D eigenvalue weighted by atomic mass is 9.79. The molecule has 0 bridgehead atoms. The molecule has 1 amide bonds. The quantitative estimate of drug-likeness (QED) is 0.706. The number of hydrogen-bond acceptors (Lipinski definition) is 3. The fraction of sp³-hybridized carbons (Fsp3) is 0.867. The van der Waals surface area contributed by atoms with Gasteiger partial charge in [-0.25, -0.2) is 0 Å². The van der Waals surface area contributed by atoms with Crippen molar-refractivity contribution in [2.75, 3.05) is 13.2 Å². The molecule has 1 aliphatic rings. The van der Waals surface area contributed by atoms with Crippen LogP contribution in [-0.4, -0.2) is 47.2 Å². The van der Waals surface area contributed by atoms with Gasteiger partial charge in [0.05, 0.1) is 6.10 Å². The molecular formula is C15H27NO4. The van der Waals surface area contributed by atoms with Crippen LogP contribution in [0.3, 0.4) is 0 Å². The lowest BCUT2D eigenvalue weighted by molar-refractivity contribution is -0.139. The molecule has 1 rings (SSSR count). The van der Waals surface area contributed by atoms with Crippen LogP contribution in [0.2, 0.25) is 0 Å². The normalized spacial score (nSPS) is 21.6. The smallest absolute Gasteiger partial charge is 0.303 e. The minimum atomic E-state index is -0.806. The Labute approximate surface area is 121 Å². The number of carboxylic acids is 1. The Kier molecular flexibility index (Phi) is 6.99. The van der Waals surface area contributed by atoms with Crippen molar-refractivity contribution in [3.05, 3.63) is 0 Å². The molecule has 0 aliphatic heterocycles. The van der Waals surface area contributed by atoms with Gasteiger partial charge in [0.1, 0.15) is 0 Å². The van der Waals surface area contributed by atoms with E-state index in [0.29, 0.717) is 31.4 Å². The van der Waals surface area contributed by atoms with E-state index in [2.05, 4.69) is 0 Å². The highest BCUT2D eigenvalue weighted by Crippen LogP contribution is 2.33. The number of aliphatic carboxylic acids is 1. The van der Waals surface area contributed by atoms with E-state index >= 15 is 0 Å². The van der Waals surface area contributed by atoms with Crippen molar-refractivity contribution >= 4 is 11.9 Å². The zero-order valence-electron chi connectivity index (χ0n) is 12.8. The standard InChI is InChI=1S/C15H27NO4/c1-4-20-13-8-12(9-13)10-14(17)16(11(2)3)7-5-6-15(18)19/h11-13H,4-10H2,1-3H3,(H,18,19). The van der Waals surface area contributed by atoms with Gasteiger partial charge in [0.2, 0.25) is 5.91 Å². The molecule has 0 aromatic heterocycles. The molecule has 0 aromatic rings. The minimum absolute atomic E-state index is 0.117. The topological polar surface area (TPSA) is 66.8 Å². The van der Waals surface area contributed by atoms with Gasteiger partial charge in [-0.1, -0.05) is 0 Å². The maximum absolute atomic E-state index is 12.3. The summed E-state index contributed by atoms with van der Waals surface area (Å²) in [7, 11) is 0. The molecule has 116 valence electrons. The molecule has 0 heterocycles. The van der Waals surface area contributed by atoms with Gasteiger partial charge in [-0.15, -0.1) is 0 Å². The van der Waals surface area contributed by atoms with Gasteiger partial charge < -0.3 is 14.7 Å². The third kappa shape index (κ3) is 5.49. The van der Waals surface area contributed by atoms with Crippen LogP contribution in [0.25, 0.3) is 0 Å². The van der Waals surface area contributed by atoms with E-state index in [4.69, 9.17) is 9.84 Å². The Bertz CT molecular complexity index is 324. The van der Waals surface area contributed by atoms with E-state index in [9.17, 15) is 9.59 Å². The molecule has 1 saturated carbocycles. The lowest BCUT2D eigenvalue weighted by Gasteiger charge is -2.36. The summed E-state index contributed by atoms with van der Waals surface area (Å²) in [5.41, 5.74) is 0. The monoisotopic (exact) mass is 285 g/mol. The number of nitrogens with zero attached hydrogens (tertiary/aromatic N) is 1. The molecule has 1 fully saturated rings. The molecule has 5 nitrogen and oxygen atoms in total. The van der Waals surface area contributed by atoms with Gasteiger partial charge in [0, 0.05) is 32.0 Å². The number of rotatable bonds is 9. The molecule has 0 aromatic carbocycles. The first-order valence-corrected chi connectivity index (χ1v) is 7.56.